The van der Waals surface area contributed by atoms with Crippen LogP contribution in [0.5, 0.6) is 0 Å². The second-order valence-corrected chi connectivity index (χ2v) is 5.74. The maximum Gasteiger partial charge on any atom is 0.332 e. The molecule has 118 valence electrons. The van der Waals surface area contributed by atoms with E-state index < -0.39 is 0 Å². The zero-order valence-corrected chi connectivity index (χ0v) is 12.7. The monoisotopic (exact) mass is 312 g/mol. The molecule has 1 atom stereocenters. The topological polar surface area (TPSA) is 74.3 Å². The third-order valence-electron chi connectivity index (χ3n) is 4.09. The molecule has 1 fully saturated rings. The summed E-state index contributed by atoms with van der Waals surface area (Å²) in [6, 6.07) is 9.83. The van der Waals surface area contributed by atoms with Crippen molar-refractivity contribution in [2.24, 2.45) is 7.05 Å². The number of aryl methyl sites for hydroxylation is 1. The predicted octanol–water partition coefficient (Wildman–Crippen LogP) is 0.344. The summed E-state index contributed by atoms with van der Waals surface area (Å²) in [5, 5.41) is 0. The molecule has 0 N–H and O–H groups in total. The number of hydrogen-bond donors (Lipinski definition) is 0. The minimum Gasteiger partial charge on any atom is -0.371 e. The number of ether oxygens (including phenoxy) is 1. The van der Waals surface area contributed by atoms with E-state index in [0.29, 0.717) is 24.3 Å². The molecule has 7 nitrogen and oxygen atoms in total. The Bertz CT molecular complexity index is 980. The Labute approximate surface area is 131 Å². The van der Waals surface area contributed by atoms with Crippen LogP contribution in [0.1, 0.15) is 5.56 Å². The number of benzene rings is 1. The summed E-state index contributed by atoms with van der Waals surface area (Å²) >= 11 is 0. The number of hydrogen-bond acceptors (Lipinski definition) is 4. The second-order valence-electron chi connectivity index (χ2n) is 5.74. The Morgan fingerprint density at radius 1 is 1.26 bits per heavy atom. The molecule has 0 bridgehead atoms. The van der Waals surface area contributed by atoms with Crippen LogP contribution in [0.4, 0.5) is 0 Å². The molecule has 0 spiro atoms. The van der Waals surface area contributed by atoms with Gasteiger partial charge in [-0.15, -0.1) is 0 Å². The van der Waals surface area contributed by atoms with Gasteiger partial charge in [0.05, 0.1) is 25.6 Å². The van der Waals surface area contributed by atoms with Gasteiger partial charge in [0.1, 0.15) is 0 Å². The highest BCUT2D eigenvalue weighted by atomic mass is 16.6. The Hall–Kier alpha value is -2.67. The van der Waals surface area contributed by atoms with Crippen LogP contribution in [0.3, 0.4) is 0 Å². The fourth-order valence-electron chi connectivity index (χ4n) is 2.76. The van der Waals surface area contributed by atoms with Gasteiger partial charge in [-0.05, 0) is 5.56 Å². The number of aromatic nitrogens is 4. The van der Waals surface area contributed by atoms with Crippen molar-refractivity contribution in [2.45, 2.75) is 19.2 Å². The maximum absolute atomic E-state index is 12.8. The molecule has 0 radical (unpaired) electrons. The molecular formula is C16H16N4O3. The van der Waals surface area contributed by atoms with Gasteiger partial charge in [-0.3, -0.25) is 13.9 Å². The summed E-state index contributed by atoms with van der Waals surface area (Å²) in [7, 11) is 1.63. The molecule has 0 saturated carbocycles. The Morgan fingerprint density at radius 2 is 2.00 bits per heavy atom. The van der Waals surface area contributed by atoms with Crippen LogP contribution < -0.4 is 11.2 Å². The van der Waals surface area contributed by atoms with E-state index in [2.05, 4.69) is 4.98 Å². The first-order valence-electron chi connectivity index (χ1n) is 7.45. The highest BCUT2D eigenvalue weighted by Crippen LogP contribution is 2.12. The summed E-state index contributed by atoms with van der Waals surface area (Å²) in [5.41, 5.74) is 1.24. The third kappa shape index (κ3) is 2.39. The van der Waals surface area contributed by atoms with Gasteiger partial charge in [0.15, 0.2) is 11.2 Å². The highest BCUT2D eigenvalue weighted by Gasteiger charge is 2.26. The molecule has 0 amide bonds. The van der Waals surface area contributed by atoms with Crippen molar-refractivity contribution in [3.8, 4) is 0 Å². The van der Waals surface area contributed by atoms with Gasteiger partial charge in [-0.25, -0.2) is 9.78 Å². The quantitative estimate of drug-likeness (QED) is 0.651. The lowest BCUT2D eigenvalue weighted by molar-refractivity contribution is 0.375. The van der Waals surface area contributed by atoms with Crippen molar-refractivity contribution in [2.75, 3.05) is 6.61 Å². The smallest absolute Gasteiger partial charge is 0.332 e. The third-order valence-corrected chi connectivity index (χ3v) is 4.09. The minimum atomic E-state index is -0.358. The predicted molar refractivity (Wildman–Crippen MR) is 84.5 cm³/mol. The number of epoxide rings is 1. The number of imidazole rings is 1. The fraction of sp³-hybridized carbons (Fsp3) is 0.312. The lowest BCUT2D eigenvalue weighted by atomic mass is 10.2. The van der Waals surface area contributed by atoms with Crippen molar-refractivity contribution in [1.82, 2.24) is 18.7 Å². The molecule has 1 unspecified atom stereocenters. The van der Waals surface area contributed by atoms with Crippen LogP contribution in [0.15, 0.2) is 46.2 Å². The standard InChI is InChI=1S/C16H16N4O3/c1-18-14-13(15(21)20(16(18)22)8-12-9-23-12)19(10-17-14)7-11-5-3-2-4-6-11/h2-6,10,12H,7-9H2,1H3. The van der Waals surface area contributed by atoms with Gasteiger partial charge in [-0.2, -0.15) is 0 Å². The SMILES string of the molecule is Cn1c(=O)n(CC2CO2)c(=O)c2c1ncn2Cc1ccccc1. The van der Waals surface area contributed by atoms with E-state index in [1.54, 1.807) is 17.9 Å². The lowest BCUT2D eigenvalue weighted by Gasteiger charge is -2.09. The van der Waals surface area contributed by atoms with Gasteiger partial charge in [-0.1, -0.05) is 30.3 Å². The van der Waals surface area contributed by atoms with E-state index in [1.807, 2.05) is 30.3 Å². The average Bonchev–Trinajstić information content (AvgIpc) is 3.29. The van der Waals surface area contributed by atoms with E-state index in [4.69, 9.17) is 4.74 Å². The Balaban J connectivity index is 1.88. The van der Waals surface area contributed by atoms with Crippen LogP contribution in [-0.4, -0.2) is 31.4 Å². The zero-order valence-electron chi connectivity index (χ0n) is 12.7. The summed E-state index contributed by atoms with van der Waals surface area (Å²) < 4.78 is 9.60. The first-order valence-corrected chi connectivity index (χ1v) is 7.45. The molecule has 1 aromatic carbocycles. The van der Waals surface area contributed by atoms with Crippen LogP contribution in [0.25, 0.3) is 11.2 Å². The molecule has 3 heterocycles. The number of rotatable bonds is 4. The summed E-state index contributed by atoms with van der Waals surface area (Å²) in [4.78, 5) is 29.4. The summed E-state index contributed by atoms with van der Waals surface area (Å²) in [5.74, 6) is 0. The Morgan fingerprint density at radius 3 is 2.70 bits per heavy atom. The molecule has 23 heavy (non-hydrogen) atoms. The van der Waals surface area contributed by atoms with Crippen LogP contribution >= 0.6 is 0 Å². The van der Waals surface area contributed by atoms with Crippen molar-refractivity contribution in [3.63, 3.8) is 0 Å². The fourth-order valence-corrected chi connectivity index (χ4v) is 2.76. The van der Waals surface area contributed by atoms with E-state index in [0.717, 1.165) is 5.56 Å². The Kier molecular flexibility index (Phi) is 3.16. The first-order chi connectivity index (χ1) is 11.1. The second kappa shape index (κ2) is 5.20. The first kappa shape index (κ1) is 14.0. The van der Waals surface area contributed by atoms with E-state index >= 15 is 0 Å². The largest absolute Gasteiger partial charge is 0.371 e. The van der Waals surface area contributed by atoms with Crippen LogP contribution in [-0.2, 0) is 24.9 Å². The van der Waals surface area contributed by atoms with E-state index in [1.165, 1.54) is 9.13 Å². The average molecular weight is 312 g/mol. The summed E-state index contributed by atoms with van der Waals surface area (Å²) in [6.45, 7) is 1.42. The van der Waals surface area contributed by atoms with E-state index in [-0.39, 0.29) is 23.9 Å². The molecule has 1 aliphatic rings. The van der Waals surface area contributed by atoms with Gasteiger partial charge in [0.25, 0.3) is 5.56 Å². The van der Waals surface area contributed by atoms with Gasteiger partial charge < -0.3 is 9.30 Å². The van der Waals surface area contributed by atoms with Crippen molar-refractivity contribution in [3.05, 3.63) is 63.1 Å². The maximum atomic E-state index is 12.8. The molecule has 7 heteroatoms. The van der Waals surface area contributed by atoms with Gasteiger partial charge in [0, 0.05) is 13.6 Å². The molecule has 4 rings (SSSR count). The van der Waals surface area contributed by atoms with E-state index in [9.17, 15) is 9.59 Å². The lowest BCUT2D eigenvalue weighted by Crippen LogP contribution is -2.40. The van der Waals surface area contributed by atoms with Crippen molar-refractivity contribution < 1.29 is 4.74 Å². The van der Waals surface area contributed by atoms with Gasteiger partial charge >= 0.3 is 5.69 Å². The molecule has 0 aliphatic carbocycles. The summed E-state index contributed by atoms with van der Waals surface area (Å²) in [6.07, 6.45) is 1.57. The van der Waals surface area contributed by atoms with Crippen molar-refractivity contribution >= 4 is 11.2 Å². The number of nitrogens with zero attached hydrogens (tertiary/aromatic N) is 4. The molecule has 1 aliphatic heterocycles. The van der Waals surface area contributed by atoms with Crippen LogP contribution in [0.2, 0.25) is 0 Å². The minimum absolute atomic E-state index is 0.0386. The zero-order chi connectivity index (χ0) is 16.0. The van der Waals surface area contributed by atoms with Crippen molar-refractivity contribution in [1.29, 1.82) is 0 Å². The molecule has 3 aromatic rings. The van der Waals surface area contributed by atoms with Crippen LogP contribution in [0, 0.1) is 0 Å². The molecule has 2 aromatic heterocycles. The molecular weight excluding hydrogens is 296 g/mol. The van der Waals surface area contributed by atoms with Gasteiger partial charge in [0.2, 0.25) is 0 Å². The molecule has 1 saturated heterocycles. The normalized spacial score (nSPS) is 16.8. The highest BCUT2D eigenvalue weighted by molar-refractivity contribution is 5.70. The number of fused-ring (bicyclic) bond motifs is 1.